The van der Waals surface area contributed by atoms with E-state index in [0.717, 1.165) is 39.4 Å². The van der Waals surface area contributed by atoms with Crippen LogP contribution in [0.25, 0.3) is 11.1 Å². The Morgan fingerprint density at radius 3 is 2.74 bits per heavy atom. The third kappa shape index (κ3) is 7.87. The molecule has 0 fully saturated rings. The molecule has 0 saturated heterocycles. The Bertz CT molecular complexity index is 1280. The van der Waals surface area contributed by atoms with Gasteiger partial charge in [-0.3, -0.25) is 9.67 Å². The van der Waals surface area contributed by atoms with E-state index in [0.29, 0.717) is 32.4 Å². The fraction of sp³-hybridized carbons (Fsp3) is 0.346. The molecular formula is C26H34N6O2S. The Balaban J connectivity index is 1.93. The number of hydrogen-bond donors (Lipinski definition) is 2. The number of rotatable bonds is 11. The van der Waals surface area contributed by atoms with Crippen molar-refractivity contribution in [2.24, 2.45) is 22.2 Å². The lowest BCUT2D eigenvalue weighted by Crippen LogP contribution is -2.20. The molecule has 0 spiro atoms. The van der Waals surface area contributed by atoms with Gasteiger partial charge in [-0.1, -0.05) is 36.4 Å². The number of hydrogen-bond acceptors (Lipinski definition) is 6. The molecule has 0 saturated carbocycles. The van der Waals surface area contributed by atoms with Crippen molar-refractivity contribution in [2.45, 2.75) is 33.1 Å². The van der Waals surface area contributed by atoms with E-state index in [1.54, 1.807) is 4.68 Å². The summed E-state index contributed by atoms with van der Waals surface area (Å²) in [5.41, 5.74) is 6.04. The minimum atomic E-state index is -3.46. The first-order valence-electron chi connectivity index (χ1n) is 11.8. The van der Waals surface area contributed by atoms with E-state index in [1.807, 2.05) is 51.6 Å². The number of nitrogens with one attached hydrogen (secondary N) is 1. The van der Waals surface area contributed by atoms with E-state index >= 15 is 0 Å². The summed E-state index contributed by atoms with van der Waals surface area (Å²) in [7, 11) is -1.55. The van der Waals surface area contributed by atoms with Gasteiger partial charge in [0.2, 0.25) is 10.0 Å². The fourth-order valence-electron chi connectivity index (χ4n) is 3.73. The largest absolute Gasteiger partial charge is 0.370 e. The fourth-order valence-corrected chi connectivity index (χ4v) is 4.34. The van der Waals surface area contributed by atoms with E-state index in [9.17, 15) is 8.42 Å². The number of nitrogens with zero attached hydrogens (tertiary/aromatic N) is 4. The highest BCUT2D eigenvalue weighted by Crippen LogP contribution is 2.24. The normalized spacial score (nSPS) is 15.0. The first-order chi connectivity index (χ1) is 16.8. The lowest BCUT2D eigenvalue weighted by atomic mass is 10.0. The Labute approximate surface area is 208 Å². The molecule has 0 atom stereocenters. The second kappa shape index (κ2) is 12.4. The molecule has 1 aliphatic rings. The molecular weight excluding hydrogens is 460 g/mol. The average Bonchev–Trinajstić information content (AvgIpc) is 3.15. The summed E-state index contributed by atoms with van der Waals surface area (Å²) >= 11 is 0. The molecule has 0 unspecified atom stereocenters. The summed E-state index contributed by atoms with van der Waals surface area (Å²) in [6.07, 6.45) is 13.7. The number of aliphatic imine (C=N–C) groups is 2. The molecule has 0 aliphatic carbocycles. The smallest absolute Gasteiger partial charge is 0.209 e. The van der Waals surface area contributed by atoms with Crippen LogP contribution in [0.4, 0.5) is 0 Å². The van der Waals surface area contributed by atoms with Gasteiger partial charge in [0.25, 0.3) is 0 Å². The van der Waals surface area contributed by atoms with Crippen molar-refractivity contribution in [1.29, 1.82) is 0 Å². The van der Waals surface area contributed by atoms with Crippen LogP contribution in [0.5, 0.6) is 0 Å². The van der Waals surface area contributed by atoms with Gasteiger partial charge >= 0.3 is 0 Å². The molecule has 2 aromatic rings. The molecule has 1 aliphatic heterocycles. The SMILES string of the molecule is C/C=C(\C=N/CC)C1=C(NCCCCS(N)(=O)=O)N=C(c2cccc(-c3cnn(C)c3)c2)CC=C1. The number of aromatic nitrogens is 2. The Hall–Kier alpha value is -3.30. The predicted octanol–water partition coefficient (Wildman–Crippen LogP) is 3.74. The van der Waals surface area contributed by atoms with E-state index in [4.69, 9.17) is 10.1 Å². The number of unbranched alkanes of at least 4 members (excludes halogenated alkanes) is 1. The molecule has 2 heterocycles. The Kier molecular flexibility index (Phi) is 9.33. The van der Waals surface area contributed by atoms with Gasteiger partial charge in [-0.2, -0.15) is 5.10 Å². The number of primary sulfonamides is 1. The van der Waals surface area contributed by atoms with E-state index in [-0.39, 0.29) is 5.75 Å². The van der Waals surface area contributed by atoms with Gasteiger partial charge in [0, 0.05) is 50.1 Å². The van der Waals surface area contributed by atoms with Crippen molar-refractivity contribution in [3.63, 3.8) is 0 Å². The zero-order valence-electron chi connectivity index (χ0n) is 20.6. The van der Waals surface area contributed by atoms with Crippen LogP contribution in [-0.2, 0) is 17.1 Å². The molecule has 186 valence electrons. The predicted molar refractivity (Wildman–Crippen MR) is 144 cm³/mol. The van der Waals surface area contributed by atoms with Gasteiger partial charge in [0.05, 0.1) is 17.7 Å². The first kappa shape index (κ1) is 26.3. The minimum Gasteiger partial charge on any atom is -0.370 e. The topological polar surface area (TPSA) is 115 Å². The van der Waals surface area contributed by atoms with Crippen molar-refractivity contribution < 1.29 is 8.42 Å². The maximum Gasteiger partial charge on any atom is 0.209 e. The Morgan fingerprint density at radius 2 is 2.06 bits per heavy atom. The van der Waals surface area contributed by atoms with Gasteiger partial charge < -0.3 is 5.32 Å². The summed E-state index contributed by atoms with van der Waals surface area (Å²) in [6, 6.07) is 8.30. The number of sulfonamides is 1. The molecule has 9 heteroatoms. The number of nitrogens with two attached hydrogens (primary N) is 1. The van der Waals surface area contributed by atoms with Crippen molar-refractivity contribution in [2.75, 3.05) is 18.8 Å². The summed E-state index contributed by atoms with van der Waals surface area (Å²) in [5.74, 6) is 0.714. The summed E-state index contributed by atoms with van der Waals surface area (Å²) in [4.78, 5) is 9.47. The van der Waals surface area contributed by atoms with Crippen LogP contribution in [0.15, 0.2) is 81.8 Å². The lowest BCUT2D eigenvalue weighted by Gasteiger charge is -2.13. The quantitative estimate of drug-likeness (QED) is 0.366. The standard InChI is InChI=1S/C26H34N6O2S/c1-4-20(17-28-5-2)24-12-9-13-25(31-26(24)29-14-6-7-15-35(27,33)34)22-11-8-10-21(16-22)23-18-30-32(3)19-23/h4,8-12,16-19,29H,5-7,13-15H2,1-3H3,(H2,27,33,34)/b20-4+,28-17-. The molecule has 0 radical (unpaired) electrons. The third-order valence-electron chi connectivity index (χ3n) is 5.51. The van der Waals surface area contributed by atoms with Crippen LogP contribution in [0, 0.1) is 0 Å². The monoisotopic (exact) mass is 494 g/mol. The van der Waals surface area contributed by atoms with Crippen LogP contribution in [-0.4, -0.2) is 49.0 Å². The molecule has 1 aromatic heterocycles. The highest BCUT2D eigenvalue weighted by molar-refractivity contribution is 7.89. The maximum absolute atomic E-state index is 11.2. The van der Waals surface area contributed by atoms with Gasteiger partial charge in [0.15, 0.2) is 0 Å². The average molecular weight is 495 g/mol. The Morgan fingerprint density at radius 1 is 1.26 bits per heavy atom. The highest BCUT2D eigenvalue weighted by Gasteiger charge is 2.14. The van der Waals surface area contributed by atoms with Crippen molar-refractivity contribution in [3.05, 3.63) is 77.4 Å². The van der Waals surface area contributed by atoms with Crippen LogP contribution < -0.4 is 10.5 Å². The van der Waals surface area contributed by atoms with Gasteiger partial charge in [-0.25, -0.2) is 18.5 Å². The lowest BCUT2D eigenvalue weighted by molar-refractivity contribution is 0.591. The molecule has 1 aromatic carbocycles. The third-order valence-corrected chi connectivity index (χ3v) is 6.37. The van der Waals surface area contributed by atoms with E-state index in [1.165, 1.54) is 0 Å². The van der Waals surface area contributed by atoms with Crippen molar-refractivity contribution in [3.8, 4) is 11.1 Å². The second-order valence-corrected chi connectivity index (χ2v) is 10.0. The number of benzene rings is 1. The zero-order chi connectivity index (χ0) is 25.3. The van der Waals surface area contributed by atoms with Crippen LogP contribution in [0.1, 0.15) is 38.7 Å². The number of allylic oxidation sites excluding steroid dienone is 5. The van der Waals surface area contributed by atoms with Crippen LogP contribution >= 0.6 is 0 Å². The van der Waals surface area contributed by atoms with E-state index in [2.05, 4.69) is 45.8 Å². The second-order valence-electron chi connectivity index (χ2n) is 8.28. The van der Waals surface area contributed by atoms with E-state index < -0.39 is 10.0 Å². The molecule has 35 heavy (non-hydrogen) atoms. The van der Waals surface area contributed by atoms with Crippen molar-refractivity contribution >= 4 is 21.9 Å². The maximum atomic E-state index is 11.2. The van der Waals surface area contributed by atoms with Crippen LogP contribution in [0.3, 0.4) is 0 Å². The molecule has 0 bridgehead atoms. The van der Waals surface area contributed by atoms with Crippen molar-refractivity contribution in [1.82, 2.24) is 15.1 Å². The van der Waals surface area contributed by atoms with Crippen LogP contribution in [0.2, 0.25) is 0 Å². The number of aryl methyl sites for hydroxylation is 1. The summed E-state index contributed by atoms with van der Waals surface area (Å²) in [5, 5.41) is 12.8. The summed E-state index contributed by atoms with van der Waals surface area (Å²) < 4.78 is 24.3. The first-order valence-corrected chi connectivity index (χ1v) is 13.5. The van der Waals surface area contributed by atoms with Gasteiger partial charge in [0.1, 0.15) is 5.82 Å². The zero-order valence-corrected chi connectivity index (χ0v) is 21.4. The molecule has 8 nitrogen and oxygen atoms in total. The van der Waals surface area contributed by atoms with Gasteiger partial charge in [-0.05, 0) is 49.5 Å². The minimum absolute atomic E-state index is 0.0284. The highest BCUT2D eigenvalue weighted by atomic mass is 32.2. The summed E-state index contributed by atoms with van der Waals surface area (Å²) in [6.45, 7) is 5.25. The molecule has 0 amide bonds. The molecule has 3 rings (SSSR count). The van der Waals surface area contributed by atoms with Gasteiger partial charge in [-0.15, -0.1) is 0 Å². The molecule has 3 N–H and O–H groups in total.